The number of nitrogens with one attached hydrogen (secondary N) is 1. The van der Waals surface area contributed by atoms with Crippen LogP contribution in [0.3, 0.4) is 0 Å². The van der Waals surface area contributed by atoms with E-state index >= 15 is 0 Å². The Morgan fingerprint density at radius 2 is 2.00 bits per heavy atom. The average molecular weight is 241 g/mol. The lowest BCUT2D eigenvalue weighted by atomic mass is 9.72. The minimum atomic E-state index is -0.166. The molecule has 2 unspecified atom stereocenters. The Kier molecular flexibility index (Phi) is 2.88. The van der Waals surface area contributed by atoms with Gasteiger partial charge in [-0.25, -0.2) is 4.39 Å². The van der Waals surface area contributed by atoms with Crippen molar-refractivity contribution < 1.29 is 4.39 Å². The molecule has 2 aromatic carbocycles. The predicted octanol–water partition coefficient (Wildman–Crippen LogP) is 3.43. The van der Waals surface area contributed by atoms with Gasteiger partial charge in [-0.05, 0) is 42.3 Å². The largest absolute Gasteiger partial charge is 0.312 e. The normalized spacial score (nSPS) is 18.9. The van der Waals surface area contributed by atoms with Crippen LogP contribution in [0.25, 0.3) is 0 Å². The van der Waals surface area contributed by atoms with E-state index in [4.69, 9.17) is 0 Å². The molecule has 18 heavy (non-hydrogen) atoms. The number of hydrogen-bond acceptors (Lipinski definition) is 1. The van der Waals surface area contributed by atoms with Crippen molar-refractivity contribution in [3.8, 4) is 0 Å². The molecule has 0 bridgehead atoms. The van der Waals surface area contributed by atoms with E-state index in [2.05, 4.69) is 29.6 Å². The lowest BCUT2D eigenvalue weighted by molar-refractivity contribution is 0.437. The van der Waals surface area contributed by atoms with Crippen LogP contribution >= 0.6 is 0 Å². The summed E-state index contributed by atoms with van der Waals surface area (Å²) in [5, 5.41) is 3.32. The molecule has 2 aromatic rings. The van der Waals surface area contributed by atoms with Gasteiger partial charge in [-0.1, -0.05) is 36.4 Å². The quantitative estimate of drug-likeness (QED) is 0.868. The molecular weight excluding hydrogens is 225 g/mol. The zero-order chi connectivity index (χ0) is 12.5. The second kappa shape index (κ2) is 4.54. The van der Waals surface area contributed by atoms with E-state index in [1.165, 1.54) is 17.2 Å². The Morgan fingerprint density at radius 1 is 1.17 bits per heavy atom. The van der Waals surface area contributed by atoms with Crippen molar-refractivity contribution in [2.45, 2.75) is 18.4 Å². The third kappa shape index (κ3) is 1.83. The third-order valence-electron chi connectivity index (χ3n) is 3.82. The summed E-state index contributed by atoms with van der Waals surface area (Å²) < 4.78 is 13.3. The Labute approximate surface area is 107 Å². The fraction of sp³-hybridized carbons (Fsp3) is 0.250. The highest BCUT2D eigenvalue weighted by Gasteiger charge is 2.32. The van der Waals surface area contributed by atoms with Gasteiger partial charge in [-0.2, -0.15) is 0 Å². The van der Waals surface area contributed by atoms with Gasteiger partial charge in [0.25, 0.3) is 0 Å². The number of benzene rings is 2. The van der Waals surface area contributed by atoms with Gasteiger partial charge in [0, 0.05) is 12.0 Å². The molecule has 0 saturated heterocycles. The minimum Gasteiger partial charge on any atom is -0.312 e. The molecule has 0 heterocycles. The summed E-state index contributed by atoms with van der Waals surface area (Å²) in [4.78, 5) is 0. The zero-order valence-electron chi connectivity index (χ0n) is 10.4. The summed E-state index contributed by atoms with van der Waals surface area (Å²) in [5.74, 6) is 0.286. The van der Waals surface area contributed by atoms with Gasteiger partial charge < -0.3 is 5.32 Å². The Balaban J connectivity index is 1.92. The fourth-order valence-corrected chi connectivity index (χ4v) is 2.90. The Bertz CT molecular complexity index is 565. The maximum absolute atomic E-state index is 13.3. The molecule has 92 valence electrons. The highest BCUT2D eigenvalue weighted by atomic mass is 19.1. The van der Waals surface area contributed by atoms with Crippen molar-refractivity contribution in [1.82, 2.24) is 5.32 Å². The molecule has 2 atom stereocenters. The lowest BCUT2D eigenvalue weighted by Gasteiger charge is -2.36. The summed E-state index contributed by atoms with van der Waals surface area (Å²) in [6.45, 7) is 0. The van der Waals surface area contributed by atoms with Crippen LogP contribution in [0.4, 0.5) is 4.39 Å². The number of rotatable bonds is 3. The summed E-state index contributed by atoms with van der Waals surface area (Å²) in [6, 6.07) is 15.6. The maximum atomic E-state index is 13.3. The van der Waals surface area contributed by atoms with E-state index < -0.39 is 0 Å². The molecule has 0 aliphatic heterocycles. The van der Waals surface area contributed by atoms with E-state index in [0.717, 1.165) is 12.0 Å². The molecule has 0 radical (unpaired) electrons. The molecule has 0 fully saturated rings. The van der Waals surface area contributed by atoms with Crippen molar-refractivity contribution in [3.63, 3.8) is 0 Å². The van der Waals surface area contributed by atoms with E-state index in [1.54, 1.807) is 12.1 Å². The van der Waals surface area contributed by atoms with Crippen LogP contribution in [-0.2, 0) is 6.42 Å². The van der Waals surface area contributed by atoms with Crippen LogP contribution in [0.1, 0.15) is 28.7 Å². The van der Waals surface area contributed by atoms with Gasteiger partial charge >= 0.3 is 0 Å². The van der Waals surface area contributed by atoms with Crippen LogP contribution in [0.15, 0.2) is 48.5 Å². The van der Waals surface area contributed by atoms with Crippen molar-refractivity contribution in [2.75, 3.05) is 7.05 Å². The molecule has 3 rings (SSSR count). The molecule has 0 aromatic heterocycles. The van der Waals surface area contributed by atoms with Crippen LogP contribution < -0.4 is 5.32 Å². The molecule has 0 spiro atoms. The van der Waals surface area contributed by atoms with Gasteiger partial charge in [0.1, 0.15) is 5.82 Å². The Morgan fingerprint density at radius 3 is 2.72 bits per heavy atom. The highest BCUT2D eigenvalue weighted by molar-refractivity contribution is 5.43. The maximum Gasteiger partial charge on any atom is 0.123 e. The summed E-state index contributed by atoms with van der Waals surface area (Å²) >= 11 is 0. The van der Waals surface area contributed by atoms with Gasteiger partial charge in [-0.3, -0.25) is 0 Å². The minimum absolute atomic E-state index is 0.166. The van der Waals surface area contributed by atoms with Gasteiger partial charge in [0.2, 0.25) is 0 Å². The van der Waals surface area contributed by atoms with E-state index in [9.17, 15) is 4.39 Å². The van der Waals surface area contributed by atoms with Gasteiger partial charge in [0.05, 0.1) is 0 Å². The number of likely N-dealkylation sites (N-methyl/N-ethyl adjacent to an activating group) is 1. The average Bonchev–Trinajstić information content (AvgIpc) is 2.36. The second-order valence-electron chi connectivity index (χ2n) is 4.83. The summed E-state index contributed by atoms with van der Waals surface area (Å²) in [6.07, 6.45) is 1.07. The van der Waals surface area contributed by atoms with Crippen molar-refractivity contribution in [1.29, 1.82) is 0 Å². The molecular formula is C16H16FN. The summed E-state index contributed by atoms with van der Waals surface area (Å²) in [7, 11) is 1.94. The smallest absolute Gasteiger partial charge is 0.123 e. The molecule has 0 amide bonds. The van der Waals surface area contributed by atoms with Crippen molar-refractivity contribution >= 4 is 0 Å². The SMILES string of the molecule is CNC(c1cccc(F)c1)C1Cc2ccccc21. The first kappa shape index (κ1) is 11.4. The van der Waals surface area contributed by atoms with Crippen LogP contribution in [0, 0.1) is 5.82 Å². The molecule has 1 nitrogen and oxygen atoms in total. The molecule has 2 heteroatoms. The first-order valence-electron chi connectivity index (χ1n) is 6.30. The monoisotopic (exact) mass is 241 g/mol. The first-order valence-corrected chi connectivity index (χ1v) is 6.30. The number of halogens is 1. The van der Waals surface area contributed by atoms with Crippen molar-refractivity contribution in [2.24, 2.45) is 0 Å². The number of fused-ring (bicyclic) bond motifs is 1. The first-order chi connectivity index (χ1) is 8.79. The molecule has 1 aliphatic rings. The van der Waals surface area contributed by atoms with Gasteiger partial charge in [-0.15, -0.1) is 0 Å². The molecule has 1 N–H and O–H groups in total. The number of hydrogen-bond donors (Lipinski definition) is 1. The summed E-state index contributed by atoms with van der Waals surface area (Å²) in [5.41, 5.74) is 3.83. The van der Waals surface area contributed by atoms with E-state index in [0.29, 0.717) is 5.92 Å². The second-order valence-corrected chi connectivity index (χ2v) is 4.83. The lowest BCUT2D eigenvalue weighted by Crippen LogP contribution is -2.31. The third-order valence-corrected chi connectivity index (χ3v) is 3.82. The fourth-order valence-electron chi connectivity index (χ4n) is 2.90. The van der Waals surface area contributed by atoms with Crippen molar-refractivity contribution in [3.05, 3.63) is 71.0 Å². The van der Waals surface area contributed by atoms with E-state index in [1.807, 2.05) is 13.1 Å². The topological polar surface area (TPSA) is 12.0 Å². The van der Waals surface area contributed by atoms with E-state index in [-0.39, 0.29) is 11.9 Å². The predicted molar refractivity (Wildman–Crippen MR) is 71.1 cm³/mol. The zero-order valence-corrected chi connectivity index (χ0v) is 10.4. The van der Waals surface area contributed by atoms with Crippen LogP contribution in [0.2, 0.25) is 0 Å². The molecule has 0 saturated carbocycles. The Hall–Kier alpha value is -1.67. The van der Waals surface area contributed by atoms with Crippen LogP contribution in [0.5, 0.6) is 0 Å². The van der Waals surface area contributed by atoms with Gasteiger partial charge in [0.15, 0.2) is 0 Å². The van der Waals surface area contributed by atoms with Crippen LogP contribution in [-0.4, -0.2) is 7.05 Å². The highest BCUT2D eigenvalue weighted by Crippen LogP contribution is 2.43. The molecule has 1 aliphatic carbocycles. The standard InChI is InChI=1S/C16H16FN/c1-18-16(12-6-4-7-13(17)9-12)15-10-11-5-2-3-8-14(11)15/h2-9,15-16,18H,10H2,1H3.